The normalized spacial score (nSPS) is 12.7. The fraction of sp³-hybridized carbons (Fsp3) is 0.407. The van der Waals surface area contributed by atoms with Gasteiger partial charge in [-0.3, -0.25) is 24.0 Å². The molecule has 1 fully saturated rings. The van der Waals surface area contributed by atoms with Gasteiger partial charge in [0.2, 0.25) is 11.8 Å². The molecule has 0 atom stereocenters. The van der Waals surface area contributed by atoms with E-state index in [0.717, 1.165) is 4.90 Å². The maximum Gasteiger partial charge on any atom is 0.321 e. The van der Waals surface area contributed by atoms with E-state index in [4.69, 9.17) is 0 Å². The fourth-order valence-corrected chi connectivity index (χ4v) is 4.04. The molecule has 2 aromatic rings. The van der Waals surface area contributed by atoms with Gasteiger partial charge in [-0.2, -0.15) is 0 Å². The average Bonchev–Trinajstić information content (AvgIpc) is 3.28. The zero-order valence-corrected chi connectivity index (χ0v) is 23.5. The molecule has 11 heteroatoms. The lowest BCUT2D eigenvalue weighted by molar-refractivity contribution is -0.121. The summed E-state index contributed by atoms with van der Waals surface area (Å²) >= 11 is 1.40. The molecule has 10 nitrogen and oxygen atoms in total. The molecule has 0 radical (unpaired) electrons. The molecule has 206 valence electrons. The third-order valence-electron chi connectivity index (χ3n) is 5.00. The molecule has 38 heavy (non-hydrogen) atoms. The molecule has 5 N–H and O–H groups in total. The van der Waals surface area contributed by atoms with Crippen molar-refractivity contribution in [1.29, 1.82) is 0 Å². The number of hydrogen-bond acceptors (Lipinski definition) is 6. The molecule has 1 heterocycles. The second-order valence-electron chi connectivity index (χ2n) is 9.71. The van der Waals surface area contributed by atoms with E-state index in [1.807, 2.05) is 52.0 Å². The number of anilines is 1. The minimum Gasteiger partial charge on any atom is -0.353 e. The number of urea groups is 1. The number of rotatable bonds is 9. The van der Waals surface area contributed by atoms with Crippen LogP contribution in [0, 0.1) is 6.92 Å². The lowest BCUT2D eigenvalue weighted by Gasteiger charge is -2.18. The van der Waals surface area contributed by atoms with Gasteiger partial charge >= 0.3 is 6.03 Å². The Hall–Kier alpha value is -3.57. The Labute approximate surface area is 228 Å². The Morgan fingerprint density at radius 2 is 1.71 bits per heavy atom. The number of carbonyl (C=O) groups is 4. The number of benzene rings is 2. The summed E-state index contributed by atoms with van der Waals surface area (Å²) in [6, 6.07) is 14.8. The van der Waals surface area contributed by atoms with Gasteiger partial charge in [-0.05, 0) is 70.0 Å². The highest BCUT2D eigenvalue weighted by Crippen LogP contribution is 2.18. The SMILES string of the molecule is CC(=O)NC(C)(C)C.Cc1ccc(SNCC(=O)NCCNC(=O)c2cccc(N3CCNC3=O)c2)cc1. The molecule has 1 aliphatic rings. The summed E-state index contributed by atoms with van der Waals surface area (Å²) in [5.74, 6) is -0.373. The van der Waals surface area contributed by atoms with Gasteiger partial charge in [-0.25, -0.2) is 4.79 Å². The van der Waals surface area contributed by atoms with Crippen molar-refractivity contribution in [2.75, 3.05) is 37.6 Å². The van der Waals surface area contributed by atoms with E-state index < -0.39 is 0 Å². The fourth-order valence-electron chi connectivity index (χ4n) is 3.39. The van der Waals surface area contributed by atoms with E-state index in [0.29, 0.717) is 37.4 Å². The maximum absolute atomic E-state index is 12.3. The lowest BCUT2D eigenvalue weighted by atomic mass is 10.1. The van der Waals surface area contributed by atoms with Crippen molar-refractivity contribution in [3.05, 3.63) is 59.7 Å². The Kier molecular flexibility index (Phi) is 12.1. The average molecular weight is 543 g/mol. The van der Waals surface area contributed by atoms with Crippen molar-refractivity contribution in [2.45, 2.75) is 45.1 Å². The summed E-state index contributed by atoms with van der Waals surface area (Å²) in [4.78, 5) is 49.0. The van der Waals surface area contributed by atoms with Crippen LogP contribution in [0.4, 0.5) is 10.5 Å². The first kappa shape index (κ1) is 30.7. The minimum atomic E-state index is -0.251. The summed E-state index contributed by atoms with van der Waals surface area (Å²) < 4.78 is 3.01. The molecule has 0 spiro atoms. The highest BCUT2D eigenvalue weighted by Gasteiger charge is 2.21. The van der Waals surface area contributed by atoms with E-state index >= 15 is 0 Å². The van der Waals surface area contributed by atoms with Crippen LogP contribution in [0.3, 0.4) is 0 Å². The van der Waals surface area contributed by atoms with Crippen LogP contribution in [-0.2, 0) is 9.59 Å². The molecule has 0 aromatic heterocycles. The predicted octanol–water partition coefficient (Wildman–Crippen LogP) is 2.59. The minimum absolute atomic E-state index is 0.0255. The predicted molar refractivity (Wildman–Crippen MR) is 151 cm³/mol. The van der Waals surface area contributed by atoms with Crippen LogP contribution in [0.1, 0.15) is 43.6 Å². The molecule has 2 aromatic carbocycles. The number of hydrogen-bond donors (Lipinski definition) is 5. The molecule has 5 amide bonds. The number of nitrogens with one attached hydrogen (secondary N) is 5. The highest BCUT2D eigenvalue weighted by atomic mass is 32.2. The van der Waals surface area contributed by atoms with Crippen molar-refractivity contribution in [3.8, 4) is 0 Å². The van der Waals surface area contributed by atoms with Crippen LogP contribution >= 0.6 is 11.9 Å². The summed E-state index contributed by atoms with van der Waals surface area (Å²) in [6.45, 7) is 11.4. The van der Waals surface area contributed by atoms with Gasteiger partial charge in [0.25, 0.3) is 5.91 Å². The van der Waals surface area contributed by atoms with Crippen molar-refractivity contribution in [2.24, 2.45) is 0 Å². The van der Waals surface area contributed by atoms with Crippen molar-refractivity contribution in [1.82, 2.24) is 26.0 Å². The standard InChI is InChI=1S/C21H25N5O3S.C6H13NO/c1-15-5-7-18(8-6-15)30-25-14-19(27)22-9-10-23-20(28)16-3-2-4-17(13-16)26-12-11-24-21(26)29;1-5(8)7-6(2,3)4/h2-8,13,25H,9-12,14H2,1H3,(H,22,27)(H,23,28)(H,24,29);1-4H3,(H,7,8). The number of aryl methyl sites for hydroxylation is 1. The van der Waals surface area contributed by atoms with Gasteiger partial charge < -0.3 is 21.3 Å². The number of carbonyl (C=O) groups excluding carboxylic acids is 4. The molecule has 1 saturated heterocycles. The van der Waals surface area contributed by atoms with Gasteiger partial charge in [0.15, 0.2) is 0 Å². The van der Waals surface area contributed by atoms with Crippen molar-refractivity contribution < 1.29 is 19.2 Å². The molecular formula is C27H38N6O4S. The molecule has 3 rings (SSSR count). The van der Waals surface area contributed by atoms with Crippen LogP contribution in [0.15, 0.2) is 53.4 Å². The van der Waals surface area contributed by atoms with Crippen LogP contribution in [0.25, 0.3) is 0 Å². The van der Waals surface area contributed by atoms with Crippen LogP contribution in [0.5, 0.6) is 0 Å². The first-order chi connectivity index (χ1) is 17.9. The molecule has 0 saturated carbocycles. The molecule has 0 aliphatic carbocycles. The highest BCUT2D eigenvalue weighted by molar-refractivity contribution is 7.97. The number of amides is 5. The molecule has 0 bridgehead atoms. The Bertz CT molecular complexity index is 1100. The van der Waals surface area contributed by atoms with Crippen LogP contribution in [-0.4, -0.2) is 62.0 Å². The smallest absolute Gasteiger partial charge is 0.321 e. The van der Waals surface area contributed by atoms with Gasteiger partial charge in [0.1, 0.15) is 0 Å². The van der Waals surface area contributed by atoms with Gasteiger partial charge in [0.05, 0.1) is 6.54 Å². The largest absolute Gasteiger partial charge is 0.353 e. The van der Waals surface area contributed by atoms with Gasteiger partial charge in [-0.15, -0.1) is 0 Å². The first-order valence-electron chi connectivity index (χ1n) is 12.4. The number of nitrogens with zero attached hydrogens (tertiary/aromatic N) is 1. The molecular weight excluding hydrogens is 504 g/mol. The third kappa shape index (κ3) is 11.7. The van der Waals surface area contributed by atoms with E-state index in [-0.39, 0.29) is 35.8 Å². The van der Waals surface area contributed by atoms with Crippen molar-refractivity contribution in [3.63, 3.8) is 0 Å². The summed E-state index contributed by atoms with van der Waals surface area (Å²) in [7, 11) is 0. The Balaban J connectivity index is 0.000000550. The molecule has 0 unspecified atom stereocenters. The topological polar surface area (TPSA) is 132 Å². The third-order valence-corrected chi connectivity index (χ3v) is 5.80. The van der Waals surface area contributed by atoms with E-state index in [2.05, 4.69) is 26.0 Å². The summed E-state index contributed by atoms with van der Waals surface area (Å²) in [5.41, 5.74) is 2.26. The monoisotopic (exact) mass is 542 g/mol. The zero-order valence-electron chi connectivity index (χ0n) is 22.6. The van der Waals surface area contributed by atoms with Gasteiger partial charge in [-0.1, -0.05) is 23.8 Å². The second kappa shape index (κ2) is 15.0. The zero-order chi connectivity index (χ0) is 28.1. The quantitative estimate of drug-likeness (QED) is 0.245. The van der Waals surface area contributed by atoms with E-state index in [1.54, 1.807) is 29.2 Å². The van der Waals surface area contributed by atoms with Crippen LogP contribution < -0.4 is 30.9 Å². The summed E-state index contributed by atoms with van der Waals surface area (Å²) in [6.07, 6.45) is 0. The Morgan fingerprint density at radius 1 is 1.03 bits per heavy atom. The second-order valence-corrected chi connectivity index (χ2v) is 10.7. The Morgan fingerprint density at radius 3 is 2.29 bits per heavy atom. The van der Waals surface area contributed by atoms with Crippen LogP contribution in [0.2, 0.25) is 0 Å². The lowest BCUT2D eigenvalue weighted by Crippen LogP contribution is -2.38. The van der Waals surface area contributed by atoms with E-state index in [1.165, 1.54) is 24.4 Å². The van der Waals surface area contributed by atoms with Crippen molar-refractivity contribution >= 4 is 41.4 Å². The van der Waals surface area contributed by atoms with E-state index in [9.17, 15) is 19.2 Å². The summed E-state index contributed by atoms with van der Waals surface area (Å²) in [5, 5.41) is 11.0. The first-order valence-corrected chi connectivity index (χ1v) is 13.2. The maximum atomic E-state index is 12.3. The van der Waals surface area contributed by atoms with Gasteiger partial charge in [0, 0.05) is 54.8 Å². The molecule has 1 aliphatic heterocycles.